The van der Waals surface area contributed by atoms with Crippen molar-refractivity contribution in [1.29, 1.82) is 0 Å². The van der Waals surface area contributed by atoms with Crippen molar-refractivity contribution in [1.82, 2.24) is 25.7 Å². The van der Waals surface area contributed by atoms with E-state index in [2.05, 4.69) is 51.2 Å². The van der Waals surface area contributed by atoms with Gasteiger partial charge in [-0.05, 0) is 44.4 Å². The van der Waals surface area contributed by atoms with Crippen LogP contribution in [0.25, 0.3) is 5.69 Å². The fraction of sp³-hybridized carbons (Fsp3) is 0.522. The molecule has 3 N–H and O–H groups in total. The maximum Gasteiger partial charge on any atom is 0.223 e. The van der Waals surface area contributed by atoms with Gasteiger partial charge < -0.3 is 16.0 Å². The Balaban J connectivity index is 0.00000341. The standard InChI is InChI=1S/C23H34N6O.HI/c1-17-15-18(2)29(28-17)21-12-8-7-11-20(21)16-27-23(24-3)26-14-13-25-22(30)19-9-5-4-6-10-19;/h7-8,11-12,15,19H,4-6,9-10,13-14,16H2,1-3H3,(H,25,30)(H2,24,26,27);1H. The van der Waals surface area contributed by atoms with E-state index in [0.717, 1.165) is 35.5 Å². The first-order valence-electron chi connectivity index (χ1n) is 10.9. The highest BCUT2D eigenvalue weighted by Gasteiger charge is 2.20. The number of nitrogens with zero attached hydrogens (tertiary/aromatic N) is 3. The third kappa shape index (κ3) is 7.22. The van der Waals surface area contributed by atoms with Gasteiger partial charge in [-0.25, -0.2) is 4.68 Å². The van der Waals surface area contributed by atoms with Crippen LogP contribution in [0.15, 0.2) is 35.3 Å². The van der Waals surface area contributed by atoms with Gasteiger partial charge in [-0.15, -0.1) is 24.0 Å². The van der Waals surface area contributed by atoms with Gasteiger partial charge in [-0.2, -0.15) is 5.10 Å². The fourth-order valence-corrected chi connectivity index (χ4v) is 4.01. The molecule has 3 rings (SSSR count). The number of hydrogen-bond donors (Lipinski definition) is 3. The van der Waals surface area contributed by atoms with Crippen molar-refractivity contribution in [3.63, 3.8) is 0 Å². The summed E-state index contributed by atoms with van der Waals surface area (Å²) in [5.74, 6) is 1.10. The third-order valence-electron chi connectivity index (χ3n) is 5.59. The lowest BCUT2D eigenvalue weighted by Crippen LogP contribution is -2.42. The van der Waals surface area contributed by atoms with E-state index in [1.165, 1.54) is 19.3 Å². The first-order valence-corrected chi connectivity index (χ1v) is 10.9. The van der Waals surface area contributed by atoms with E-state index in [1.54, 1.807) is 7.05 Å². The molecule has 1 aromatic carbocycles. The number of carbonyl (C=O) groups is 1. The van der Waals surface area contributed by atoms with Crippen LogP contribution in [0.5, 0.6) is 0 Å². The molecule has 2 aromatic rings. The summed E-state index contributed by atoms with van der Waals surface area (Å²) in [7, 11) is 1.75. The Hall–Kier alpha value is -2.10. The number of amides is 1. The van der Waals surface area contributed by atoms with Crippen LogP contribution in [0.3, 0.4) is 0 Å². The zero-order valence-electron chi connectivity index (χ0n) is 18.8. The predicted molar refractivity (Wildman–Crippen MR) is 136 cm³/mol. The van der Waals surface area contributed by atoms with E-state index >= 15 is 0 Å². The van der Waals surface area contributed by atoms with Crippen molar-refractivity contribution in [3.05, 3.63) is 47.3 Å². The summed E-state index contributed by atoms with van der Waals surface area (Å²) in [6.07, 6.45) is 5.66. The highest BCUT2D eigenvalue weighted by molar-refractivity contribution is 14.0. The van der Waals surface area contributed by atoms with E-state index in [4.69, 9.17) is 0 Å². The summed E-state index contributed by atoms with van der Waals surface area (Å²) in [5.41, 5.74) is 4.31. The highest BCUT2D eigenvalue weighted by Crippen LogP contribution is 2.23. The number of aryl methyl sites for hydroxylation is 2. The third-order valence-corrected chi connectivity index (χ3v) is 5.59. The lowest BCUT2D eigenvalue weighted by molar-refractivity contribution is -0.125. The van der Waals surface area contributed by atoms with E-state index in [0.29, 0.717) is 25.6 Å². The number of guanidine groups is 1. The van der Waals surface area contributed by atoms with Gasteiger partial charge in [0.2, 0.25) is 5.91 Å². The minimum Gasteiger partial charge on any atom is -0.355 e. The summed E-state index contributed by atoms with van der Waals surface area (Å²) in [4.78, 5) is 16.5. The lowest BCUT2D eigenvalue weighted by Gasteiger charge is -2.21. The molecule has 0 bridgehead atoms. The van der Waals surface area contributed by atoms with Crippen molar-refractivity contribution in [2.75, 3.05) is 20.1 Å². The molecular weight excluding hydrogens is 503 g/mol. The molecule has 0 atom stereocenters. The van der Waals surface area contributed by atoms with Gasteiger partial charge in [-0.3, -0.25) is 9.79 Å². The lowest BCUT2D eigenvalue weighted by atomic mass is 9.89. The Morgan fingerprint density at radius 2 is 1.81 bits per heavy atom. The summed E-state index contributed by atoms with van der Waals surface area (Å²) in [6, 6.07) is 10.3. The van der Waals surface area contributed by atoms with Gasteiger partial charge in [0.1, 0.15) is 0 Å². The van der Waals surface area contributed by atoms with Crippen LogP contribution in [0.4, 0.5) is 0 Å². The second-order valence-electron chi connectivity index (χ2n) is 7.95. The van der Waals surface area contributed by atoms with E-state index in [9.17, 15) is 4.79 Å². The number of halogens is 1. The summed E-state index contributed by atoms with van der Waals surface area (Å²) >= 11 is 0. The molecule has 1 fully saturated rings. The average Bonchev–Trinajstić information content (AvgIpc) is 3.11. The predicted octanol–water partition coefficient (Wildman–Crippen LogP) is 3.47. The fourth-order valence-electron chi connectivity index (χ4n) is 4.01. The van der Waals surface area contributed by atoms with Gasteiger partial charge in [0.25, 0.3) is 0 Å². The van der Waals surface area contributed by atoms with Crippen LogP contribution < -0.4 is 16.0 Å². The number of hydrogen-bond acceptors (Lipinski definition) is 3. The van der Waals surface area contributed by atoms with Crippen molar-refractivity contribution < 1.29 is 4.79 Å². The SMILES string of the molecule is CN=C(NCCNC(=O)C1CCCCC1)NCc1ccccc1-n1nc(C)cc1C.I. The minimum atomic E-state index is 0. The molecule has 1 amide bonds. The van der Waals surface area contributed by atoms with Crippen LogP contribution >= 0.6 is 24.0 Å². The molecule has 170 valence electrons. The number of rotatable bonds is 7. The molecule has 0 spiro atoms. The minimum absolute atomic E-state index is 0. The molecule has 7 nitrogen and oxygen atoms in total. The van der Waals surface area contributed by atoms with Gasteiger partial charge >= 0.3 is 0 Å². The van der Waals surface area contributed by atoms with Gasteiger partial charge in [0.15, 0.2) is 5.96 Å². The Kier molecular flexibility index (Phi) is 10.3. The number of para-hydroxylation sites is 1. The van der Waals surface area contributed by atoms with Gasteiger partial charge in [0.05, 0.1) is 11.4 Å². The Morgan fingerprint density at radius 1 is 1.10 bits per heavy atom. The van der Waals surface area contributed by atoms with Gasteiger partial charge in [-0.1, -0.05) is 37.5 Å². The van der Waals surface area contributed by atoms with Crippen molar-refractivity contribution in [3.8, 4) is 5.69 Å². The molecule has 0 unspecified atom stereocenters. The maximum absolute atomic E-state index is 12.2. The van der Waals surface area contributed by atoms with E-state index < -0.39 is 0 Å². The molecule has 1 saturated carbocycles. The van der Waals surface area contributed by atoms with Crippen molar-refractivity contribution >= 4 is 35.8 Å². The Bertz CT molecular complexity index is 873. The quantitative estimate of drug-likeness (QED) is 0.218. The summed E-state index contributed by atoms with van der Waals surface area (Å²) in [6.45, 7) is 5.92. The first-order chi connectivity index (χ1) is 14.6. The molecule has 1 heterocycles. The monoisotopic (exact) mass is 538 g/mol. The molecule has 1 aliphatic carbocycles. The van der Waals surface area contributed by atoms with E-state index in [-0.39, 0.29) is 35.8 Å². The molecule has 0 saturated heterocycles. The maximum atomic E-state index is 12.2. The van der Waals surface area contributed by atoms with Crippen LogP contribution in [0.1, 0.15) is 49.1 Å². The van der Waals surface area contributed by atoms with Crippen LogP contribution in [-0.2, 0) is 11.3 Å². The molecular formula is C23H35IN6O. The molecule has 0 radical (unpaired) electrons. The second kappa shape index (κ2) is 12.7. The number of carbonyl (C=O) groups excluding carboxylic acids is 1. The first kappa shape index (κ1) is 25.2. The molecule has 8 heteroatoms. The van der Waals surface area contributed by atoms with Crippen LogP contribution in [0, 0.1) is 19.8 Å². The van der Waals surface area contributed by atoms with Gasteiger partial charge in [0, 0.05) is 38.3 Å². The van der Waals surface area contributed by atoms with E-state index in [1.807, 2.05) is 23.7 Å². The molecule has 31 heavy (non-hydrogen) atoms. The smallest absolute Gasteiger partial charge is 0.223 e. The zero-order chi connectivity index (χ0) is 21.3. The average molecular weight is 538 g/mol. The number of benzene rings is 1. The van der Waals surface area contributed by atoms with Crippen LogP contribution in [0.2, 0.25) is 0 Å². The summed E-state index contributed by atoms with van der Waals surface area (Å²) in [5, 5.41) is 14.3. The molecule has 1 aromatic heterocycles. The Morgan fingerprint density at radius 3 is 2.48 bits per heavy atom. The number of nitrogens with one attached hydrogen (secondary N) is 3. The summed E-state index contributed by atoms with van der Waals surface area (Å²) < 4.78 is 1.98. The molecule has 0 aliphatic heterocycles. The highest BCUT2D eigenvalue weighted by atomic mass is 127. The number of aliphatic imine (C=N–C) groups is 1. The van der Waals surface area contributed by atoms with Crippen LogP contribution in [-0.4, -0.2) is 41.8 Å². The second-order valence-corrected chi connectivity index (χ2v) is 7.95. The van der Waals surface area contributed by atoms with Crippen molar-refractivity contribution in [2.24, 2.45) is 10.9 Å². The topological polar surface area (TPSA) is 83.3 Å². The molecule has 1 aliphatic rings. The Labute approximate surface area is 202 Å². The number of aromatic nitrogens is 2. The normalized spacial score (nSPS) is 14.6. The zero-order valence-corrected chi connectivity index (χ0v) is 21.1. The largest absolute Gasteiger partial charge is 0.355 e. The van der Waals surface area contributed by atoms with Crippen molar-refractivity contribution in [2.45, 2.75) is 52.5 Å².